The number of benzene rings is 1. The SMILES string of the molecule is O=C(O)CCCCCN1C(=O)/C(=C/c2cccc(-c3ccc4c(c3)CC(=O)N4)n2)SC1=S. The van der Waals surface area contributed by atoms with Gasteiger partial charge < -0.3 is 10.4 Å². The number of aliphatic carboxylic acids is 1. The van der Waals surface area contributed by atoms with Crippen LogP contribution in [-0.2, 0) is 20.8 Å². The van der Waals surface area contributed by atoms with Crippen LogP contribution in [0, 0.1) is 0 Å². The first kappa shape index (κ1) is 22.2. The molecule has 3 heterocycles. The second-order valence-corrected chi connectivity index (χ2v) is 9.26. The standard InChI is InChI=1S/C23H21N3O4S2/c27-20-12-15-11-14(8-9-18(15)25-20)17-6-4-5-16(24-17)13-19-22(30)26(23(31)32-19)10-3-1-2-7-21(28)29/h4-6,8-9,11,13H,1-3,7,10,12H2,(H,25,27)(H,28,29)/b19-13-. The van der Waals surface area contributed by atoms with Crippen molar-refractivity contribution >= 4 is 57.8 Å². The van der Waals surface area contributed by atoms with Crippen LogP contribution in [0.5, 0.6) is 0 Å². The quantitative estimate of drug-likeness (QED) is 0.343. The molecule has 0 aliphatic carbocycles. The zero-order valence-electron chi connectivity index (χ0n) is 17.2. The van der Waals surface area contributed by atoms with Crippen LogP contribution in [0.3, 0.4) is 0 Å². The fourth-order valence-electron chi connectivity index (χ4n) is 3.63. The summed E-state index contributed by atoms with van der Waals surface area (Å²) in [5.41, 5.74) is 4.10. The van der Waals surface area contributed by atoms with Gasteiger partial charge in [0.1, 0.15) is 4.32 Å². The largest absolute Gasteiger partial charge is 0.481 e. The lowest BCUT2D eigenvalue weighted by Crippen LogP contribution is -2.29. The Kier molecular flexibility index (Phi) is 6.66. The second kappa shape index (κ2) is 9.62. The summed E-state index contributed by atoms with van der Waals surface area (Å²) in [6.07, 6.45) is 4.26. The Bertz CT molecular complexity index is 1150. The number of thiocarbonyl (C=S) groups is 1. The number of aromatic nitrogens is 1. The molecular weight excluding hydrogens is 446 g/mol. The number of anilines is 1. The van der Waals surface area contributed by atoms with Crippen LogP contribution in [-0.4, -0.2) is 43.6 Å². The van der Waals surface area contributed by atoms with Gasteiger partial charge >= 0.3 is 5.97 Å². The highest BCUT2D eigenvalue weighted by molar-refractivity contribution is 8.26. The van der Waals surface area contributed by atoms with Gasteiger partial charge in [0.25, 0.3) is 5.91 Å². The number of nitrogens with one attached hydrogen (secondary N) is 1. The van der Waals surface area contributed by atoms with Crippen molar-refractivity contribution in [2.24, 2.45) is 0 Å². The molecule has 2 aliphatic rings. The molecule has 2 amide bonds. The fourth-order valence-corrected chi connectivity index (χ4v) is 4.92. The average Bonchev–Trinajstić information content (AvgIpc) is 3.26. The van der Waals surface area contributed by atoms with Gasteiger partial charge in [0.2, 0.25) is 5.91 Å². The summed E-state index contributed by atoms with van der Waals surface area (Å²) in [6, 6.07) is 11.4. The third-order valence-corrected chi connectivity index (χ3v) is 6.60. The number of fused-ring (bicyclic) bond motifs is 1. The number of thioether (sulfide) groups is 1. The van der Waals surface area contributed by atoms with Crippen LogP contribution in [0.4, 0.5) is 5.69 Å². The smallest absolute Gasteiger partial charge is 0.303 e. The van der Waals surface area contributed by atoms with Gasteiger partial charge in [-0.25, -0.2) is 4.98 Å². The predicted octanol–water partition coefficient (Wildman–Crippen LogP) is 4.09. The van der Waals surface area contributed by atoms with Crippen molar-refractivity contribution in [3.8, 4) is 11.3 Å². The highest BCUT2D eigenvalue weighted by atomic mass is 32.2. The lowest BCUT2D eigenvalue weighted by molar-refractivity contribution is -0.137. The Hall–Kier alpha value is -3.04. The second-order valence-electron chi connectivity index (χ2n) is 7.58. The Morgan fingerprint density at radius 2 is 2.06 bits per heavy atom. The van der Waals surface area contributed by atoms with Crippen LogP contribution in [0.2, 0.25) is 0 Å². The fraction of sp³-hybridized carbons (Fsp3) is 0.261. The van der Waals surface area contributed by atoms with E-state index in [-0.39, 0.29) is 18.2 Å². The maximum atomic E-state index is 12.8. The van der Waals surface area contributed by atoms with Crippen molar-refractivity contribution in [3.05, 3.63) is 52.6 Å². The summed E-state index contributed by atoms with van der Waals surface area (Å²) >= 11 is 6.62. The van der Waals surface area contributed by atoms with Gasteiger partial charge in [-0.05, 0) is 48.7 Å². The molecule has 1 fully saturated rings. The molecular formula is C23H21N3O4S2. The summed E-state index contributed by atoms with van der Waals surface area (Å²) in [7, 11) is 0. The number of nitrogens with zero attached hydrogens (tertiary/aromatic N) is 2. The number of pyridine rings is 1. The lowest BCUT2D eigenvalue weighted by Gasteiger charge is -2.13. The predicted molar refractivity (Wildman–Crippen MR) is 128 cm³/mol. The summed E-state index contributed by atoms with van der Waals surface area (Å²) < 4.78 is 0.506. The monoisotopic (exact) mass is 467 g/mol. The van der Waals surface area contributed by atoms with Crippen molar-refractivity contribution in [2.45, 2.75) is 32.1 Å². The van der Waals surface area contributed by atoms with E-state index in [1.807, 2.05) is 36.4 Å². The Morgan fingerprint density at radius 3 is 2.88 bits per heavy atom. The number of hydrogen-bond acceptors (Lipinski definition) is 6. The van der Waals surface area contributed by atoms with Crippen molar-refractivity contribution in [1.82, 2.24) is 9.88 Å². The van der Waals surface area contributed by atoms with Crippen molar-refractivity contribution in [2.75, 3.05) is 11.9 Å². The molecule has 0 spiro atoms. The van der Waals surface area contributed by atoms with Crippen molar-refractivity contribution in [3.63, 3.8) is 0 Å². The van der Waals surface area contributed by atoms with Crippen LogP contribution in [0.1, 0.15) is 36.9 Å². The third kappa shape index (κ3) is 5.05. The topological polar surface area (TPSA) is 99.6 Å². The molecule has 2 aromatic rings. The van der Waals surface area contributed by atoms with E-state index in [1.165, 1.54) is 11.8 Å². The molecule has 0 atom stereocenters. The first-order valence-electron chi connectivity index (χ1n) is 10.3. The summed E-state index contributed by atoms with van der Waals surface area (Å²) in [6.45, 7) is 0.483. The van der Waals surface area contributed by atoms with Gasteiger partial charge in [-0.1, -0.05) is 42.5 Å². The Labute approximate surface area is 194 Å². The highest BCUT2D eigenvalue weighted by Gasteiger charge is 2.31. The Morgan fingerprint density at radius 1 is 1.22 bits per heavy atom. The van der Waals surface area contributed by atoms with Gasteiger partial charge in [-0.2, -0.15) is 0 Å². The molecule has 1 aromatic heterocycles. The lowest BCUT2D eigenvalue weighted by atomic mass is 10.1. The van der Waals surface area contributed by atoms with Gasteiger partial charge in [-0.15, -0.1) is 0 Å². The summed E-state index contributed by atoms with van der Waals surface area (Å²) in [5.74, 6) is -0.964. The molecule has 1 saturated heterocycles. The zero-order valence-corrected chi connectivity index (χ0v) is 18.8. The van der Waals surface area contributed by atoms with Crippen LogP contribution < -0.4 is 5.32 Å². The van der Waals surface area contributed by atoms with Gasteiger partial charge in [0.05, 0.1) is 22.7 Å². The highest BCUT2D eigenvalue weighted by Crippen LogP contribution is 2.33. The molecule has 0 unspecified atom stereocenters. The van der Waals surface area contributed by atoms with Crippen LogP contribution >= 0.6 is 24.0 Å². The minimum absolute atomic E-state index is 0.0113. The summed E-state index contributed by atoms with van der Waals surface area (Å²) in [5, 5.41) is 11.5. The zero-order chi connectivity index (χ0) is 22.7. The maximum Gasteiger partial charge on any atom is 0.303 e. The van der Waals surface area contributed by atoms with E-state index in [0.29, 0.717) is 40.7 Å². The number of carbonyl (C=O) groups is 3. The number of carbonyl (C=O) groups excluding carboxylic acids is 2. The van der Waals surface area contributed by atoms with E-state index in [1.54, 1.807) is 11.0 Å². The van der Waals surface area contributed by atoms with Crippen molar-refractivity contribution in [1.29, 1.82) is 0 Å². The Balaban J connectivity index is 1.45. The normalized spacial score (nSPS) is 16.6. The van der Waals surface area contributed by atoms with Crippen LogP contribution in [0.15, 0.2) is 41.3 Å². The van der Waals surface area contributed by atoms with Gasteiger partial charge in [-0.3, -0.25) is 19.3 Å². The molecule has 0 radical (unpaired) electrons. The van der Waals surface area contributed by atoms with Crippen molar-refractivity contribution < 1.29 is 19.5 Å². The molecule has 2 N–H and O–H groups in total. The van der Waals surface area contributed by atoms with E-state index >= 15 is 0 Å². The van der Waals surface area contributed by atoms with Gasteiger partial charge in [0, 0.05) is 24.2 Å². The average molecular weight is 468 g/mol. The number of hydrogen-bond donors (Lipinski definition) is 2. The first-order chi connectivity index (χ1) is 15.4. The minimum Gasteiger partial charge on any atom is -0.481 e. The minimum atomic E-state index is -0.807. The van der Waals surface area contributed by atoms with E-state index in [2.05, 4.69) is 10.3 Å². The number of rotatable bonds is 8. The molecule has 1 aromatic carbocycles. The molecule has 9 heteroatoms. The molecule has 7 nitrogen and oxygen atoms in total. The van der Waals surface area contributed by atoms with E-state index in [0.717, 1.165) is 28.9 Å². The number of unbranched alkanes of at least 4 members (excludes halogenated alkanes) is 2. The summed E-state index contributed by atoms with van der Waals surface area (Å²) in [4.78, 5) is 41.8. The number of amides is 2. The third-order valence-electron chi connectivity index (χ3n) is 5.22. The van der Waals surface area contributed by atoms with Gasteiger partial charge in [0.15, 0.2) is 0 Å². The number of carboxylic acids is 1. The molecule has 0 saturated carbocycles. The molecule has 32 heavy (non-hydrogen) atoms. The van der Waals surface area contributed by atoms with E-state index < -0.39 is 5.97 Å². The molecule has 0 bridgehead atoms. The molecule has 4 rings (SSSR count). The number of carboxylic acid groups (broad SMARTS) is 1. The van der Waals surface area contributed by atoms with E-state index in [9.17, 15) is 14.4 Å². The molecule has 164 valence electrons. The van der Waals surface area contributed by atoms with E-state index in [4.69, 9.17) is 17.3 Å². The molecule has 2 aliphatic heterocycles. The first-order valence-corrected chi connectivity index (χ1v) is 11.5. The van der Waals surface area contributed by atoms with Crippen LogP contribution in [0.25, 0.3) is 17.3 Å². The maximum absolute atomic E-state index is 12.8.